The van der Waals surface area contributed by atoms with E-state index in [1.54, 1.807) is 12.1 Å². The summed E-state index contributed by atoms with van der Waals surface area (Å²) in [5, 5.41) is 0. The van der Waals surface area contributed by atoms with E-state index in [9.17, 15) is 9.18 Å². The van der Waals surface area contributed by atoms with Crippen LogP contribution in [0.3, 0.4) is 0 Å². The molecule has 4 nitrogen and oxygen atoms in total. The van der Waals surface area contributed by atoms with Crippen molar-refractivity contribution in [3.8, 4) is 0 Å². The van der Waals surface area contributed by atoms with E-state index in [0.29, 0.717) is 11.3 Å². The fourth-order valence-corrected chi connectivity index (χ4v) is 3.16. The van der Waals surface area contributed by atoms with Gasteiger partial charge in [0.05, 0.1) is 44.5 Å². The third-order valence-electron chi connectivity index (χ3n) is 4.47. The number of piperazine rings is 1. The predicted molar refractivity (Wildman–Crippen MR) is 90.8 cm³/mol. The summed E-state index contributed by atoms with van der Waals surface area (Å²) in [6.07, 6.45) is 0. The highest BCUT2D eigenvalue weighted by Crippen LogP contribution is 2.18. The van der Waals surface area contributed by atoms with Gasteiger partial charge in [-0.25, -0.2) is 9.18 Å². The van der Waals surface area contributed by atoms with Crippen LogP contribution in [0.1, 0.15) is 15.9 Å². The van der Waals surface area contributed by atoms with E-state index >= 15 is 0 Å². The normalized spacial score (nSPS) is 15.3. The van der Waals surface area contributed by atoms with Gasteiger partial charge in [-0.15, -0.1) is 0 Å². The van der Waals surface area contributed by atoms with E-state index < -0.39 is 0 Å². The molecule has 2 aromatic rings. The second kappa shape index (κ2) is 7.45. The van der Waals surface area contributed by atoms with Gasteiger partial charge in [-0.3, -0.25) is 0 Å². The maximum atomic E-state index is 13.9. The van der Waals surface area contributed by atoms with E-state index in [0.717, 1.165) is 38.3 Å². The maximum Gasteiger partial charge on any atom is 0.337 e. The highest BCUT2D eigenvalue weighted by molar-refractivity contribution is 5.89. The van der Waals surface area contributed by atoms with Gasteiger partial charge in [-0.05, 0) is 24.3 Å². The molecule has 3 rings (SSSR count). The van der Waals surface area contributed by atoms with Gasteiger partial charge in [0.25, 0.3) is 0 Å². The first-order valence-corrected chi connectivity index (χ1v) is 8.17. The van der Waals surface area contributed by atoms with Gasteiger partial charge >= 0.3 is 5.97 Å². The molecule has 0 aliphatic carbocycles. The fraction of sp³-hybridized carbons (Fsp3) is 0.316. The zero-order valence-electron chi connectivity index (χ0n) is 13.8. The molecule has 1 aliphatic rings. The number of nitrogens with one attached hydrogen (secondary N) is 1. The Kier molecular flexibility index (Phi) is 5.11. The molecule has 24 heavy (non-hydrogen) atoms. The van der Waals surface area contributed by atoms with Crippen molar-refractivity contribution in [1.29, 1.82) is 0 Å². The minimum absolute atomic E-state index is 0.160. The lowest BCUT2D eigenvalue weighted by molar-refractivity contribution is -0.914. The number of carbonyl (C=O) groups is 1. The van der Waals surface area contributed by atoms with Crippen LogP contribution in [0.2, 0.25) is 0 Å². The van der Waals surface area contributed by atoms with E-state index in [-0.39, 0.29) is 11.8 Å². The number of para-hydroxylation sites is 1. The van der Waals surface area contributed by atoms with Crippen LogP contribution in [0.5, 0.6) is 0 Å². The number of nitrogens with zero attached hydrogens (tertiary/aromatic N) is 1. The first-order chi connectivity index (χ1) is 11.7. The van der Waals surface area contributed by atoms with Crippen molar-refractivity contribution in [3.63, 3.8) is 0 Å². The zero-order chi connectivity index (χ0) is 16.9. The van der Waals surface area contributed by atoms with Crippen LogP contribution in [0.4, 0.5) is 10.1 Å². The van der Waals surface area contributed by atoms with Crippen molar-refractivity contribution >= 4 is 11.7 Å². The quantitative estimate of drug-likeness (QED) is 0.864. The molecule has 0 radical (unpaired) electrons. The molecule has 1 saturated heterocycles. The first-order valence-electron chi connectivity index (χ1n) is 8.17. The van der Waals surface area contributed by atoms with Crippen molar-refractivity contribution in [1.82, 2.24) is 0 Å². The average Bonchev–Trinajstić information content (AvgIpc) is 2.62. The first kappa shape index (κ1) is 16.5. The second-order valence-corrected chi connectivity index (χ2v) is 6.06. The standard InChI is InChI=1S/C19H21FN2O2/c1-24-19(23)16-6-4-5-15(13-16)14-21-9-11-22(12-10-21)18-8-3-2-7-17(18)20/h2-8,13H,9-12,14H2,1H3/p+1. The maximum absolute atomic E-state index is 13.9. The number of quaternary nitrogens is 1. The third-order valence-corrected chi connectivity index (χ3v) is 4.47. The molecule has 5 heteroatoms. The van der Waals surface area contributed by atoms with Crippen LogP contribution < -0.4 is 9.80 Å². The zero-order valence-corrected chi connectivity index (χ0v) is 13.8. The largest absolute Gasteiger partial charge is 0.465 e. The summed E-state index contributed by atoms with van der Waals surface area (Å²) in [6.45, 7) is 4.39. The number of esters is 1. The molecule has 0 aromatic heterocycles. The smallest absolute Gasteiger partial charge is 0.337 e. The molecule has 1 N–H and O–H groups in total. The summed E-state index contributed by atoms with van der Waals surface area (Å²) in [5.74, 6) is -0.469. The average molecular weight is 329 g/mol. The highest BCUT2D eigenvalue weighted by Gasteiger charge is 2.22. The van der Waals surface area contributed by atoms with Gasteiger partial charge in [0, 0.05) is 5.56 Å². The Labute approximate surface area is 141 Å². The summed E-state index contributed by atoms with van der Waals surface area (Å²) in [6, 6.07) is 14.5. The molecule has 126 valence electrons. The Morgan fingerprint density at radius 3 is 2.62 bits per heavy atom. The summed E-state index contributed by atoms with van der Waals surface area (Å²) in [7, 11) is 1.39. The molecule has 0 bridgehead atoms. The Morgan fingerprint density at radius 1 is 1.17 bits per heavy atom. The molecular weight excluding hydrogens is 307 g/mol. The number of halogens is 1. The Bertz CT molecular complexity index is 712. The second-order valence-electron chi connectivity index (χ2n) is 6.06. The molecule has 0 saturated carbocycles. The lowest BCUT2D eigenvalue weighted by Crippen LogP contribution is -3.13. The fourth-order valence-electron chi connectivity index (χ4n) is 3.16. The lowest BCUT2D eigenvalue weighted by atomic mass is 10.1. The van der Waals surface area contributed by atoms with Crippen LogP contribution in [-0.2, 0) is 11.3 Å². The minimum Gasteiger partial charge on any atom is -0.465 e. The van der Waals surface area contributed by atoms with Crippen molar-refractivity contribution in [2.24, 2.45) is 0 Å². The number of hydrogen-bond acceptors (Lipinski definition) is 3. The molecule has 1 aliphatic heterocycles. The van der Waals surface area contributed by atoms with Gasteiger partial charge in [-0.2, -0.15) is 0 Å². The Hall–Kier alpha value is -2.40. The minimum atomic E-state index is -0.309. The number of benzene rings is 2. The SMILES string of the molecule is COC(=O)c1cccc(C[NH+]2CCN(c3ccccc3F)CC2)c1. The van der Waals surface area contributed by atoms with Crippen LogP contribution in [-0.4, -0.2) is 39.3 Å². The lowest BCUT2D eigenvalue weighted by Gasteiger charge is -2.33. The summed E-state index contributed by atoms with van der Waals surface area (Å²) in [4.78, 5) is 15.2. The van der Waals surface area contributed by atoms with Crippen molar-refractivity contribution < 1.29 is 18.8 Å². The van der Waals surface area contributed by atoms with Crippen molar-refractivity contribution in [2.45, 2.75) is 6.54 Å². The molecule has 2 aromatic carbocycles. The van der Waals surface area contributed by atoms with Crippen LogP contribution in [0.15, 0.2) is 48.5 Å². The van der Waals surface area contributed by atoms with E-state index in [1.165, 1.54) is 18.1 Å². The summed E-state index contributed by atoms with van der Waals surface area (Å²) >= 11 is 0. The van der Waals surface area contributed by atoms with Crippen LogP contribution in [0.25, 0.3) is 0 Å². The number of rotatable bonds is 4. The van der Waals surface area contributed by atoms with Gasteiger partial charge in [0.2, 0.25) is 0 Å². The monoisotopic (exact) mass is 329 g/mol. The van der Waals surface area contributed by atoms with Gasteiger partial charge < -0.3 is 14.5 Å². The third kappa shape index (κ3) is 3.74. The van der Waals surface area contributed by atoms with Gasteiger partial charge in [-0.1, -0.05) is 24.3 Å². The number of methoxy groups -OCH3 is 1. The number of anilines is 1. The molecule has 0 spiro atoms. The topological polar surface area (TPSA) is 34.0 Å². The highest BCUT2D eigenvalue weighted by atomic mass is 19.1. The van der Waals surface area contributed by atoms with E-state index in [4.69, 9.17) is 4.74 Å². The van der Waals surface area contributed by atoms with E-state index in [2.05, 4.69) is 4.90 Å². The van der Waals surface area contributed by atoms with Gasteiger partial charge in [0.1, 0.15) is 12.4 Å². The van der Waals surface area contributed by atoms with Crippen LogP contribution in [0, 0.1) is 5.82 Å². The molecular formula is C19H22FN2O2+. The number of hydrogen-bond donors (Lipinski definition) is 1. The predicted octanol–water partition coefficient (Wildman–Crippen LogP) is 1.52. The molecule has 0 atom stereocenters. The van der Waals surface area contributed by atoms with E-state index in [1.807, 2.05) is 30.3 Å². The number of ether oxygens (including phenoxy) is 1. The summed E-state index contributed by atoms with van der Waals surface area (Å²) in [5.41, 5.74) is 2.39. The Morgan fingerprint density at radius 2 is 1.92 bits per heavy atom. The number of carbonyl (C=O) groups excluding carboxylic acids is 1. The van der Waals surface area contributed by atoms with Crippen molar-refractivity contribution in [3.05, 3.63) is 65.5 Å². The molecule has 1 heterocycles. The van der Waals surface area contributed by atoms with Crippen molar-refractivity contribution in [2.75, 3.05) is 38.2 Å². The van der Waals surface area contributed by atoms with Crippen LogP contribution >= 0.6 is 0 Å². The Balaban J connectivity index is 1.60. The van der Waals surface area contributed by atoms with Gasteiger partial charge in [0.15, 0.2) is 0 Å². The molecule has 0 amide bonds. The summed E-state index contributed by atoms with van der Waals surface area (Å²) < 4.78 is 18.6. The molecule has 0 unspecified atom stereocenters. The molecule has 1 fully saturated rings.